The number of hydrogen-bond donors (Lipinski definition) is 1. The molecule has 2 aliphatic rings. The molecule has 0 bridgehead atoms. The Labute approximate surface area is 118 Å². The minimum absolute atomic E-state index is 0.387. The molecule has 0 aromatic rings. The van der Waals surface area contributed by atoms with E-state index in [4.69, 9.17) is 4.74 Å². The SMILES string of the molecule is CCN(CC1CN(C(C)C)CCO1)C1CCCNC1. The summed E-state index contributed by atoms with van der Waals surface area (Å²) in [6.45, 7) is 14.5. The van der Waals surface area contributed by atoms with Crippen molar-refractivity contribution in [3.05, 3.63) is 0 Å². The van der Waals surface area contributed by atoms with E-state index in [1.165, 1.54) is 19.4 Å². The number of nitrogens with one attached hydrogen (secondary N) is 1. The molecule has 112 valence electrons. The van der Waals surface area contributed by atoms with Crippen LogP contribution in [0.2, 0.25) is 0 Å². The fourth-order valence-corrected chi connectivity index (χ4v) is 3.26. The third kappa shape index (κ3) is 4.42. The number of nitrogens with zero attached hydrogens (tertiary/aromatic N) is 2. The number of piperidine rings is 1. The van der Waals surface area contributed by atoms with Crippen molar-refractivity contribution >= 4 is 0 Å². The molecular formula is C15H31N3O. The standard InChI is InChI=1S/C15H31N3O/c1-4-17(14-6-5-7-16-10-14)11-15-12-18(13(2)3)8-9-19-15/h13-16H,4-12H2,1-3H3. The van der Waals surface area contributed by atoms with Gasteiger partial charge in [0.15, 0.2) is 0 Å². The number of rotatable bonds is 5. The molecule has 0 amide bonds. The van der Waals surface area contributed by atoms with Crippen LogP contribution in [-0.4, -0.2) is 73.9 Å². The maximum atomic E-state index is 5.98. The van der Waals surface area contributed by atoms with Crippen LogP contribution in [0.5, 0.6) is 0 Å². The van der Waals surface area contributed by atoms with E-state index < -0.39 is 0 Å². The summed E-state index contributed by atoms with van der Waals surface area (Å²) >= 11 is 0. The van der Waals surface area contributed by atoms with Crippen LogP contribution in [0.25, 0.3) is 0 Å². The Morgan fingerprint density at radius 1 is 1.42 bits per heavy atom. The van der Waals surface area contributed by atoms with Gasteiger partial charge in [-0.1, -0.05) is 6.92 Å². The summed E-state index contributed by atoms with van der Waals surface area (Å²) in [6, 6.07) is 1.34. The number of hydrogen-bond acceptors (Lipinski definition) is 4. The number of ether oxygens (including phenoxy) is 1. The van der Waals surface area contributed by atoms with E-state index in [2.05, 4.69) is 35.9 Å². The van der Waals surface area contributed by atoms with Gasteiger partial charge in [0.25, 0.3) is 0 Å². The maximum absolute atomic E-state index is 5.98. The normalized spacial score (nSPS) is 30.2. The molecule has 4 nitrogen and oxygen atoms in total. The zero-order valence-corrected chi connectivity index (χ0v) is 12.9. The molecule has 0 aliphatic carbocycles. The summed E-state index contributed by atoms with van der Waals surface area (Å²) in [4.78, 5) is 5.15. The molecule has 1 N–H and O–H groups in total. The van der Waals surface area contributed by atoms with Crippen molar-refractivity contribution in [3.8, 4) is 0 Å². The van der Waals surface area contributed by atoms with Crippen LogP contribution in [-0.2, 0) is 4.74 Å². The molecule has 0 saturated carbocycles. The van der Waals surface area contributed by atoms with Gasteiger partial charge in [-0.3, -0.25) is 9.80 Å². The van der Waals surface area contributed by atoms with Crippen molar-refractivity contribution in [1.82, 2.24) is 15.1 Å². The molecule has 19 heavy (non-hydrogen) atoms. The topological polar surface area (TPSA) is 27.7 Å². The van der Waals surface area contributed by atoms with E-state index in [1.54, 1.807) is 0 Å². The predicted octanol–water partition coefficient (Wildman–Crippen LogP) is 1.17. The van der Waals surface area contributed by atoms with Crippen LogP contribution in [0.4, 0.5) is 0 Å². The maximum Gasteiger partial charge on any atom is 0.0829 e. The Balaban J connectivity index is 1.83. The molecular weight excluding hydrogens is 238 g/mol. The van der Waals surface area contributed by atoms with E-state index in [9.17, 15) is 0 Å². The average molecular weight is 269 g/mol. The third-order valence-electron chi connectivity index (χ3n) is 4.53. The summed E-state index contributed by atoms with van der Waals surface area (Å²) in [5.41, 5.74) is 0. The van der Waals surface area contributed by atoms with Gasteiger partial charge in [0.2, 0.25) is 0 Å². The van der Waals surface area contributed by atoms with E-state index >= 15 is 0 Å². The van der Waals surface area contributed by atoms with Crippen LogP contribution >= 0.6 is 0 Å². The summed E-state index contributed by atoms with van der Waals surface area (Å²) in [5.74, 6) is 0. The first-order valence-corrected chi connectivity index (χ1v) is 8.01. The van der Waals surface area contributed by atoms with Crippen molar-refractivity contribution in [1.29, 1.82) is 0 Å². The lowest BCUT2D eigenvalue weighted by molar-refractivity contribution is -0.0572. The number of morpholine rings is 1. The van der Waals surface area contributed by atoms with Gasteiger partial charge in [-0.2, -0.15) is 0 Å². The molecule has 2 fully saturated rings. The van der Waals surface area contributed by atoms with Gasteiger partial charge in [-0.15, -0.1) is 0 Å². The highest BCUT2D eigenvalue weighted by molar-refractivity contribution is 4.82. The highest BCUT2D eigenvalue weighted by Crippen LogP contribution is 2.14. The quantitative estimate of drug-likeness (QED) is 0.811. The van der Waals surface area contributed by atoms with E-state index in [-0.39, 0.29) is 0 Å². The van der Waals surface area contributed by atoms with Crippen LogP contribution in [0.1, 0.15) is 33.6 Å². The average Bonchev–Trinajstić information content (AvgIpc) is 2.46. The lowest BCUT2D eigenvalue weighted by atomic mass is 10.0. The van der Waals surface area contributed by atoms with Crippen molar-refractivity contribution < 1.29 is 4.74 Å². The van der Waals surface area contributed by atoms with Gasteiger partial charge in [0.05, 0.1) is 12.7 Å². The smallest absolute Gasteiger partial charge is 0.0829 e. The molecule has 0 spiro atoms. The highest BCUT2D eigenvalue weighted by Gasteiger charge is 2.27. The van der Waals surface area contributed by atoms with Crippen LogP contribution in [0.15, 0.2) is 0 Å². The molecule has 2 rings (SSSR count). The highest BCUT2D eigenvalue weighted by atomic mass is 16.5. The second kappa shape index (κ2) is 7.58. The monoisotopic (exact) mass is 269 g/mol. The van der Waals surface area contributed by atoms with E-state index in [0.29, 0.717) is 18.2 Å². The molecule has 2 atom stereocenters. The zero-order valence-electron chi connectivity index (χ0n) is 12.9. The second-order valence-corrected chi connectivity index (χ2v) is 6.17. The Kier molecular flexibility index (Phi) is 6.07. The van der Waals surface area contributed by atoms with Crippen molar-refractivity contribution in [3.63, 3.8) is 0 Å². The molecule has 2 heterocycles. The molecule has 2 aliphatic heterocycles. The molecule has 0 radical (unpaired) electrons. The molecule has 2 unspecified atom stereocenters. The molecule has 2 saturated heterocycles. The van der Waals surface area contributed by atoms with Crippen LogP contribution in [0, 0.1) is 0 Å². The fraction of sp³-hybridized carbons (Fsp3) is 1.00. The van der Waals surface area contributed by atoms with Gasteiger partial charge in [0, 0.05) is 38.3 Å². The summed E-state index contributed by atoms with van der Waals surface area (Å²) in [6.07, 6.45) is 3.03. The lowest BCUT2D eigenvalue weighted by Gasteiger charge is -2.40. The minimum Gasteiger partial charge on any atom is -0.374 e. The van der Waals surface area contributed by atoms with E-state index in [1.807, 2.05) is 0 Å². The Bertz CT molecular complexity index is 254. The van der Waals surface area contributed by atoms with E-state index in [0.717, 1.165) is 39.3 Å². The Morgan fingerprint density at radius 3 is 2.89 bits per heavy atom. The summed E-state index contributed by atoms with van der Waals surface area (Å²) in [5, 5.41) is 3.52. The van der Waals surface area contributed by atoms with Gasteiger partial charge < -0.3 is 10.1 Å². The molecule has 0 aromatic heterocycles. The van der Waals surface area contributed by atoms with Gasteiger partial charge in [-0.25, -0.2) is 0 Å². The Morgan fingerprint density at radius 2 is 2.26 bits per heavy atom. The molecule has 0 aromatic carbocycles. The first-order valence-electron chi connectivity index (χ1n) is 8.01. The number of likely N-dealkylation sites (N-methyl/N-ethyl adjacent to an activating group) is 1. The Hall–Kier alpha value is -0.160. The fourth-order valence-electron chi connectivity index (χ4n) is 3.26. The van der Waals surface area contributed by atoms with Gasteiger partial charge in [-0.05, 0) is 39.8 Å². The van der Waals surface area contributed by atoms with Gasteiger partial charge >= 0.3 is 0 Å². The lowest BCUT2D eigenvalue weighted by Crippen LogP contribution is -2.53. The molecule has 4 heteroatoms. The van der Waals surface area contributed by atoms with Gasteiger partial charge in [0.1, 0.15) is 0 Å². The van der Waals surface area contributed by atoms with Crippen molar-refractivity contribution in [2.24, 2.45) is 0 Å². The first kappa shape index (κ1) is 15.2. The van der Waals surface area contributed by atoms with Crippen molar-refractivity contribution in [2.75, 3.05) is 45.9 Å². The zero-order chi connectivity index (χ0) is 13.7. The third-order valence-corrected chi connectivity index (χ3v) is 4.53. The van der Waals surface area contributed by atoms with Crippen LogP contribution in [0.3, 0.4) is 0 Å². The predicted molar refractivity (Wildman–Crippen MR) is 79.6 cm³/mol. The summed E-state index contributed by atoms with van der Waals surface area (Å²) in [7, 11) is 0. The minimum atomic E-state index is 0.387. The summed E-state index contributed by atoms with van der Waals surface area (Å²) < 4.78 is 5.98. The second-order valence-electron chi connectivity index (χ2n) is 6.17. The van der Waals surface area contributed by atoms with Crippen LogP contribution < -0.4 is 5.32 Å². The van der Waals surface area contributed by atoms with Crippen molar-refractivity contribution in [2.45, 2.75) is 51.8 Å². The first-order chi connectivity index (χ1) is 9.20. The largest absolute Gasteiger partial charge is 0.374 e.